The second-order valence-corrected chi connectivity index (χ2v) is 34.7. The van der Waals surface area contributed by atoms with E-state index in [9.17, 15) is 0 Å². The third-order valence-corrected chi connectivity index (χ3v) is 58.5. The molecule has 0 aromatic carbocycles. The summed E-state index contributed by atoms with van der Waals surface area (Å²) in [6, 6.07) is 0. The van der Waals surface area contributed by atoms with Crippen LogP contribution in [-0.4, -0.2) is 30.5 Å². The van der Waals surface area contributed by atoms with Crippen LogP contribution in [0.25, 0.3) is 0 Å². The first-order valence-electron chi connectivity index (χ1n) is 7.20. The molecule has 1 nitrogen and oxygen atoms in total. The van der Waals surface area contributed by atoms with Crippen LogP contribution in [0, 0.1) is 0 Å². The Morgan fingerprint density at radius 2 is 1.29 bits per heavy atom. The van der Waals surface area contributed by atoms with E-state index in [1.807, 2.05) is 4.93 Å². The van der Waals surface area contributed by atoms with Crippen molar-refractivity contribution in [1.82, 2.24) is 4.90 Å². The van der Waals surface area contributed by atoms with Crippen LogP contribution in [0.2, 0.25) is 47.7 Å². The number of nitrogens with zero attached hydrogens (tertiary/aromatic N) is 1. The maximum absolute atomic E-state index is 2.64. The Hall–Kier alpha value is 1.21. The predicted octanol–water partition coefficient (Wildman–Crippen LogP) is 4.36. The van der Waals surface area contributed by atoms with Crippen molar-refractivity contribution < 1.29 is 6.51 Å². The summed E-state index contributed by atoms with van der Waals surface area (Å²) < 4.78 is 1.14. The van der Waals surface area contributed by atoms with E-state index in [1.54, 1.807) is 6.54 Å². The van der Waals surface area contributed by atoms with Crippen LogP contribution in [0.1, 0.15) is 0 Å². The molecule has 3 heteroatoms. The summed E-state index contributed by atoms with van der Waals surface area (Å²) in [5, 5.41) is 0. The van der Waals surface area contributed by atoms with Gasteiger partial charge in [0, 0.05) is 0 Å². The van der Waals surface area contributed by atoms with Gasteiger partial charge in [0.05, 0.1) is 0 Å². The van der Waals surface area contributed by atoms with Crippen LogP contribution in [0.4, 0.5) is 0 Å². The number of halogens is 1. The molecule has 4 unspecified atom stereocenters. The Kier molecular flexibility index (Phi) is 0.302. The van der Waals surface area contributed by atoms with E-state index in [1.165, 1.54) is 43.3 Å². The maximum atomic E-state index is 2.58. The molecule has 0 saturated carbocycles. The first kappa shape index (κ1) is 7.85. The molecular formula is C14H20FeIN. The zero-order chi connectivity index (χ0) is 11.3. The minimum atomic E-state index is -2.64. The van der Waals surface area contributed by atoms with E-state index in [0.717, 1.165) is 4.31 Å². The van der Waals surface area contributed by atoms with Crippen LogP contribution in [-0.2, 0) is 6.51 Å². The fourth-order valence-electron chi connectivity index (χ4n) is 17.6. The molecule has 17 heavy (non-hydrogen) atoms. The first-order valence-corrected chi connectivity index (χ1v) is 15.6. The van der Waals surface area contributed by atoms with Gasteiger partial charge in [0.1, 0.15) is 0 Å². The first-order chi connectivity index (χ1) is 7.96. The molecule has 0 aromatic rings. The number of fused-ring (bicyclic) bond motifs is 10. The van der Waals surface area contributed by atoms with Crippen LogP contribution in [0.5, 0.6) is 0 Å². The Morgan fingerprint density at radius 1 is 0.882 bits per heavy atom. The van der Waals surface area contributed by atoms with Gasteiger partial charge in [-0.2, -0.15) is 0 Å². The zero-order valence-corrected chi connectivity index (χ0v) is 13.8. The van der Waals surface area contributed by atoms with Gasteiger partial charge >= 0.3 is 79.7 Å². The van der Waals surface area contributed by atoms with Crippen molar-refractivity contribution in [2.45, 2.75) is 47.7 Å². The third-order valence-electron chi connectivity index (χ3n) is 15.5. The molecular weight excluding hydrogens is 365 g/mol. The van der Waals surface area contributed by atoms with E-state index in [-0.39, 0.29) is 0 Å². The van der Waals surface area contributed by atoms with E-state index in [2.05, 4.69) is 41.6 Å². The molecule has 1 spiro atoms. The summed E-state index contributed by atoms with van der Waals surface area (Å²) >= 11 is 2.15. The van der Waals surface area contributed by atoms with Crippen molar-refractivity contribution in [2.24, 2.45) is 0 Å². The summed E-state index contributed by atoms with van der Waals surface area (Å²) in [6.07, 6.45) is 0. The van der Waals surface area contributed by atoms with E-state index >= 15 is 0 Å². The molecule has 0 amide bonds. The standard InChI is InChI=1S/C8H12N.C5H5.CH3I.Fe/c1-9(2)7-8-5-3-4-6-8;1-2-4-5-3-1;1-2;/h3-6H,7H2,1-2H3;1-5H;1H3;. The predicted molar refractivity (Wildman–Crippen MR) is 74.9 cm³/mol. The molecule has 0 N–H and O–H groups in total. The molecule has 0 aliphatic carbocycles. The molecule has 10 heterocycles. The summed E-state index contributed by atoms with van der Waals surface area (Å²) in [5.41, 5.74) is 0. The van der Waals surface area contributed by atoms with Crippen LogP contribution in [0.3, 0.4) is 0 Å². The van der Waals surface area contributed by atoms with Gasteiger partial charge in [0.15, 0.2) is 0 Å². The molecule has 4 atom stereocenters. The van der Waals surface area contributed by atoms with Crippen molar-refractivity contribution in [1.29, 1.82) is 0 Å². The van der Waals surface area contributed by atoms with Crippen molar-refractivity contribution in [3.8, 4) is 0 Å². The second-order valence-electron chi connectivity index (χ2n) is 11.1. The zero-order valence-electron chi connectivity index (χ0n) is 10.6. The fourth-order valence-corrected chi connectivity index (χ4v) is 92.4. The van der Waals surface area contributed by atoms with Gasteiger partial charge in [-0.05, 0) is 4.93 Å². The molecule has 0 aromatic heterocycles. The molecule has 10 rings (SSSR count). The second kappa shape index (κ2) is 0.653. The van der Waals surface area contributed by atoms with Crippen molar-refractivity contribution in [3.63, 3.8) is 0 Å². The van der Waals surface area contributed by atoms with Crippen molar-refractivity contribution in [2.75, 3.05) is 25.6 Å². The number of rotatable bonds is 2. The van der Waals surface area contributed by atoms with Gasteiger partial charge < -0.3 is 0 Å². The normalized spacial score (nSPS) is 119. The quantitative estimate of drug-likeness (QED) is 0.388. The Balaban J connectivity index is 0.000000302. The van der Waals surface area contributed by atoms with E-state index in [4.69, 9.17) is 0 Å². The van der Waals surface area contributed by atoms with Crippen molar-refractivity contribution in [3.05, 3.63) is 0 Å². The third kappa shape index (κ3) is 0.0828. The SMILES string of the molecule is CI.CN(C)C[C]12[CH]3[CH]4[CH]5[CH]1[Fe]45321678[CH]2[CH]1[CH]6[CH]7[CH]28. The number of hydrogen-bond donors (Lipinski definition) is 0. The Bertz CT molecular complexity index is 821. The Morgan fingerprint density at radius 3 is 1.47 bits per heavy atom. The molecule has 0 bridgehead atoms. The molecule has 10 aliphatic heterocycles. The molecule has 0 radical (unpaired) electrons. The minimum absolute atomic E-state index is 1.14. The Labute approximate surface area is 106 Å². The molecule has 96 valence electrons. The summed E-state index contributed by atoms with van der Waals surface area (Å²) in [5.74, 6) is 0. The van der Waals surface area contributed by atoms with E-state index in [0.29, 0.717) is 0 Å². The van der Waals surface area contributed by atoms with Gasteiger partial charge in [-0.15, -0.1) is 0 Å². The summed E-state index contributed by atoms with van der Waals surface area (Å²) in [4.78, 5) is 18.2. The van der Waals surface area contributed by atoms with Gasteiger partial charge in [-0.3, -0.25) is 0 Å². The van der Waals surface area contributed by atoms with Gasteiger partial charge in [0.2, 0.25) is 0 Å². The molecule has 10 aliphatic rings. The topological polar surface area (TPSA) is 3.24 Å². The number of alkyl halides is 1. The van der Waals surface area contributed by atoms with Gasteiger partial charge in [-0.25, -0.2) is 0 Å². The van der Waals surface area contributed by atoms with E-state index < -0.39 is 6.51 Å². The monoisotopic (exact) mass is 385 g/mol. The summed E-state index contributed by atoms with van der Waals surface area (Å²) in [7, 11) is 4.71. The average Bonchev–Trinajstić information content (AvgIpc) is 3.25. The van der Waals surface area contributed by atoms with Gasteiger partial charge in [-0.1, -0.05) is 22.6 Å². The molecule has 10 saturated heterocycles. The molecule has 10 fully saturated rings. The van der Waals surface area contributed by atoms with Gasteiger partial charge in [0.25, 0.3) is 0 Å². The number of hydrogen-bond acceptors (Lipinski definition) is 1. The van der Waals surface area contributed by atoms with Crippen LogP contribution < -0.4 is 0 Å². The van der Waals surface area contributed by atoms with Crippen LogP contribution in [0.15, 0.2) is 0 Å². The van der Waals surface area contributed by atoms with Crippen molar-refractivity contribution >= 4 is 22.6 Å². The summed E-state index contributed by atoms with van der Waals surface area (Å²) in [6.45, 7) is -1.07. The average molecular weight is 385 g/mol. The fraction of sp³-hybridized carbons (Fsp3) is 1.00. The van der Waals surface area contributed by atoms with Crippen LogP contribution >= 0.6 is 22.6 Å².